The van der Waals surface area contributed by atoms with Gasteiger partial charge in [0.05, 0.1) is 13.2 Å². The van der Waals surface area contributed by atoms with Gasteiger partial charge in [0.1, 0.15) is 23.7 Å². The van der Waals surface area contributed by atoms with Crippen LogP contribution in [0.5, 0.6) is 11.5 Å². The predicted octanol–water partition coefficient (Wildman–Crippen LogP) is 2.33. The minimum absolute atomic E-state index is 0.0114. The van der Waals surface area contributed by atoms with Crippen LogP contribution in [0.15, 0.2) is 54.6 Å². The molecule has 4 rings (SSSR count). The van der Waals surface area contributed by atoms with Gasteiger partial charge < -0.3 is 24.2 Å². The van der Waals surface area contributed by atoms with Gasteiger partial charge in [-0.15, -0.1) is 0 Å². The molecule has 0 bridgehead atoms. The molecule has 32 heavy (non-hydrogen) atoms. The third kappa shape index (κ3) is 6.45. The van der Waals surface area contributed by atoms with E-state index in [0.717, 1.165) is 37.2 Å². The highest BCUT2D eigenvalue weighted by Crippen LogP contribution is 2.24. The van der Waals surface area contributed by atoms with Gasteiger partial charge >= 0.3 is 0 Å². The van der Waals surface area contributed by atoms with E-state index in [0.29, 0.717) is 38.6 Å². The first-order valence-corrected chi connectivity index (χ1v) is 11.3. The normalized spacial score (nSPS) is 21.8. The number of benzene rings is 2. The fraction of sp³-hybridized carbons (Fsp3) is 0.480. The van der Waals surface area contributed by atoms with Crippen molar-refractivity contribution in [2.24, 2.45) is 0 Å². The van der Waals surface area contributed by atoms with Crippen LogP contribution in [0.4, 0.5) is 0 Å². The van der Waals surface area contributed by atoms with Crippen LogP contribution in [0.25, 0.3) is 0 Å². The zero-order valence-electron chi connectivity index (χ0n) is 18.4. The number of hydrogen-bond donors (Lipinski definition) is 1. The Morgan fingerprint density at radius 2 is 1.69 bits per heavy atom. The summed E-state index contributed by atoms with van der Waals surface area (Å²) < 4.78 is 16.8. The largest absolute Gasteiger partial charge is 0.491 e. The van der Waals surface area contributed by atoms with E-state index in [1.165, 1.54) is 0 Å². The predicted molar refractivity (Wildman–Crippen MR) is 121 cm³/mol. The standard InChI is InChI=1S/C25H32N2O5/c28-24(27-13-15-30-16-14-27)18-31-23-9-7-21(8-10-23)17-26-12-4-11-25(29,19-26)20-32-22-5-2-1-3-6-22/h1-3,5-10,29H,4,11-20H2. The molecule has 0 aromatic heterocycles. The molecule has 172 valence electrons. The summed E-state index contributed by atoms with van der Waals surface area (Å²) in [5.41, 5.74) is 0.293. The van der Waals surface area contributed by atoms with Crippen molar-refractivity contribution < 1.29 is 24.1 Å². The zero-order valence-corrected chi connectivity index (χ0v) is 18.4. The third-order valence-electron chi connectivity index (χ3n) is 5.94. The van der Waals surface area contributed by atoms with Crippen molar-refractivity contribution in [3.8, 4) is 11.5 Å². The quantitative estimate of drug-likeness (QED) is 0.680. The number of hydrogen-bond acceptors (Lipinski definition) is 6. The van der Waals surface area contributed by atoms with E-state index in [-0.39, 0.29) is 19.1 Å². The van der Waals surface area contributed by atoms with Gasteiger partial charge in [0.2, 0.25) is 0 Å². The van der Waals surface area contributed by atoms with Crippen molar-refractivity contribution in [2.45, 2.75) is 25.0 Å². The molecule has 1 unspecified atom stereocenters. The fourth-order valence-corrected chi connectivity index (χ4v) is 4.19. The summed E-state index contributed by atoms with van der Waals surface area (Å²) in [4.78, 5) is 16.2. The minimum Gasteiger partial charge on any atom is -0.491 e. The number of piperidine rings is 1. The number of morpholine rings is 1. The summed E-state index contributed by atoms with van der Waals surface area (Å²) in [6, 6.07) is 17.4. The smallest absolute Gasteiger partial charge is 0.260 e. The summed E-state index contributed by atoms with van der Waals surface area (Å²) in [5, 5.41) is 11.0. The number of β-amino-alcohol motifs (C(OH)–C–C–N with tert-alkyl or cyclic N) is 1. The maximum absolute atomic E-state index is 12.2. The van der Waals surface area contributed by atoms with Gasteiger partial charge in [-0.2, -0.15) is 0 Å². The number of amides is 1. The van der Waals surface area contributed by atoms with E-state index in [1.54, 1.807) is 4.90 Å². The lowest BCUT2D eigenvalue weighted by Crippen LogP contribution is -2.51. The lowest BCUT2D eigenvalue weighted by Gasteiger charge is -2.39. The summed E-state index contributed by atoms with van der Waals surface area (Å²) in [6.07, 6.45) is 1.67. The van der Waals surface area contributed by atoms with E-state index in [4.69, 9.17) is 14.2 Å². The molecule has 2 aliphatic heterocycles. The van der Waals surface area contributed by atoms with Gasteiger partial charge in [-0.25, -0.2) is 0 Å². The average molecular weight is 441 g/mol. The monoisotopic (exact) mass is 440 g/mol. The Hall–Kier alpha value is -2.61. The van der Waals surface area contributed by atoms with E-state index >= 15 is 0 Å². The molecule has 0 radical (unpaired) electrons. The Kier molecular flexibility index (Phi) is 7.63. The number of ether oxygens (including phenoxy) is 3. The molecule has 2 saturated heterocycles. The Balaban J connectivity index is 1.24. The van der Waals surface area contributed by atoms with Crippen molar-refractivity contribution in [1.29, 1.82) is 0 Å². The van der Waals surface area contributed by atoms with Crippen molar-refractivity contribution in [1.82, 2.24) is 9.80 Å². The molecule has 1 atom stereocenters. The molecule has 0 saturated carbocycles. The number of aliphatic hydroxyl groups is 1. The first-order chi connectivity index (χ1) is 15.6. The number of para-hydroxylation sites is 1. The zero-order chi connectivity index (χ0) is 22.2. The second kappa shape index (κ2) is 10.8. The van der Waals surface area contributed by atoms with E-state index in [2.05, 4.69) is 4.90 Å². The maximum Gasteiger partial charge on any atom is 0.260 e. The van der Waals surface area contributed by atoms with Gasteiger partial charge in [0.25, 0.3) is 5.91 Å². The first kappa shape index (κ1) is 22.6. The lowest BCUT2D eigenvalue weighted by atomic mass is 9.93. The molecule has 1 amide bonds. The molecular weight excluding hydrogens is 408 g/mol. The molecule has 0 spiro atoms. The molecular formula is C25H32N2O5. The van der Waals surface area contributed by atoms with Crippen LogP contribution in [0, 0.1) is 0 Å². The highest BCUT2D eigenvalue weighted by molar-refractivity contribution is 5.77. The Morgan fingerprint density at radius 3 is 2.44 bits per heavy atom. The molecule has 2 aromatic rings. The Labute approximate surface area is 189 Å². The van der Waals surface area contributed by atoms with Crippen LogP contribution in [0.1, 0.15) is 18.4 Å². The lowest BCUT2D eigenvalue weighted by molar-refractivity contribution is -0.137. The topological polar surface area (TPSA) is 71.5 Å². The molecule has 0 aliphatic carbocycles. The Bertz CT molecular complexity index is 854. The molecule has 1 N–H and O–H groups in total. The van der Waals surface area contributed by atoms with E-state index < -0.39 is 5.60 Å². The summed E-state index contributed by atoms with van der Waals surface area (Å²) >= 11 is 0. The number of rotatable bonds is 8. The van der Waals surface area contributed by atoms with Crippen molar-refractivity contribution in [3.05, 3.63) is 60.2 Å². The van der Waals surface area contributed by atoms with Crippen molar-refractivity contribution in [2.75, 3.05) is 52.6 Å². The van der Waals surface area contributed by atoms with Crippen LogP contribution in [-0.4, -0.2) is 79.0 Å². The third-order valence-corrected chi connectivity index (χ3v) is 5.94. The summed E-state index contributed by atoms with van der Waals surface area (Å²) in [7, 11) is 0. The van der Waals surface area contributed by atoms with Crippen LogP contribution < -0.4 is 9.47 Å². The molecule has 2 aliphatic rings. The second-order valence-corrected chi connectivity index (χ2v) is 8.57. The summed E-state index contributed by atoms with van der Waals surface area (Å²) in [5.74, 6) is 1.45. The van der Waals surface area contributed by atoms with Crippen LogP contribution >= 0.6 is 0 Å². The van der Waals surface area contributed by atoms with Gasteiger partial charge in [0, 0.05) is 26.2 Å². The molecule has 2 aromatic carbocycles. The van der Waals surface area contributed by atoms with Gasteiger partial charge in [0.15, 0.2) is 6.61 Å². The number of nitrogens with zero attached hydrogens (tertiary/aromatic N) is 2. The van der Waals surface area contributed by atoms with Crippen molar-refractivity contribution in [3.63, 3.8) is 0 Å². The maximum atomic E-state index is 12.2. The number of carbonyl (C=O) groups excluding carboxylic acids is 1. The minimum atomic E-state index is -0.850. The SMILES string of the molecule is O=C(COc1ccc(CN2CCCC(O)(COc3ccccc3)C2)cc1)N1CCOCC1. The number of carbonyl (C=O) groups is 1. The van der Waals surface area contributed by atoms with Gasteiger partial charge in [-0.05, 0) is 49.2 Å². The molecule has 7 heteroatoms. The summed E-state index contributed by atoms with van der Waals surface area (Å²) in [6.45, 7) is 5.03. The van der Waals surface area contributed by atoms with Gasteiger partial charge in [-0.1, -0.05) is 30.3 Å². The Morgan fingerprint density at radius 1 is 0.969 bits per heavy atom. The van der Waals surface area contributed by atoms with Crippen LogP contribution in [0.2, 0.25) is 0 Å². The average Bonchev–Trinajstić information content (AvgIpc) is 2.83. The number of likely N-dealkylation sites (tertiary alicyclic amines) is 1. The molecule has 7 nitrogen and oxygen atoms in total. The molecule has 2 fully saturated rings. The van der Waals surface area contributed by atoms with Crippen LogP contribution in [0.3, 0.4) is 0 Å². The molecule has 2 heterocycles. The van der Waals surface area contributed by atoms with Crippen molar-refractivity contribution >= 4 is 5.91 Å². The first-order valence-electron chi connectivity index (χ1n) is 11.3. The van der Waals surface area contributed by atoms with Gasteiger partial charge in [-0.3, -0.25) is 9.69 Å². The fourth-order valence-electron chi connectivity index (χ4n) is 4.19. The van der Waals surface area contributed by atoms with Crippen LogP contribution in [-0.2, 0) is 16.1 Å². The van der Waals surface area contributed by atoms with E-state index in [1.807, 2.05) is 54.6 Å². The second-order valence-electron chi connectivity index (χ2n) is 8.57. The highest BCUT2D eigenvalue weighted by atomic mass is 16.5. The highest BCUT2D eigenvalue weighted by Gasteiger charge is 2.34. The van der Waals surface area contributed by atoms with E-state index in [9.17, 15) is 9.90 Å².